The lowest BCUT2D eigenvalue weighted by atomic mass is 9.85. The second-order valence-electron chi connectivity index (χ2n) is 5.80. The Balaban J connectivity index is 1.99. The average molecular weight is 346 g/mol. The molecule has 0 unspecified atom stereocenters. The number of carbonyl (C=O) groups is 2. The summed E-state index contributed by atoms with van der Waals surface area (Å²) in [6, 6.07) is 22.4. The lowest BCUT2D eigenvalue weighted by Crippen LogP contribution is -2.45. The molecular weight excluding hydrogens is 328 g/mol. The van der Waals surface area contributed by atoms with E-state index in [2.05, 4.69) is 10.3 Å². The quantitative estimate of drug-likeness (QED) is 0.719. The predicted molar refractivity (Wildman–Crippen MR) is 97.9 cm³/mol. The summed E-state index contributed by atoms with van der Waals surface area (Å²) < 4.78 is 0. The maximum atomic E-state index is 12.5. The zero-order chi connectivity index (χ0) is 18.4. The Bertz CT molecular complexity index is 828. The normalized spacial score (nSPS) is 11.7. The lowest BCUT2D eigenvalue weighted by Gasteiger charge is -2.26. The molecule has 2 aromatic carbocycles. The van der Waals surface area contributed by atoms with Gasteiger partial charge in [0.05, 0.1) is 0 Å². The molecule has 0 saturated heterocycles. The van der Waals surface area contributed by atoms with Crippen molar-refractivity contribution in [2.24, 2.45) is 0 Å². The number of carboxylic acid groups (broad SMARTS) is 1. The van der Waals surface area contributed by atoms with E-state index in [4.69, 9.17) is 0 Å². The van der Waals surface area contributed by atoms with Crippen LogP contribution in [0.15, 0.2) is 85.1 Å². The first-order chi connectivity index (χ1) is 12.7. The molecule has 26 heavy (non-hydrogen) atoms. The van der Waals surface area contributed by atoms with E-state index in [1.54, 1.807) is 18.2 Å². The number of nitrogens with zero attached hydrogens (tertiary/aromatic N) is 1. The van der Waals surface area contributed by atoms with Crippen LogP contribution in [0.25, 0.3) is 0 Å². The molecule has 1 amide bonds. The second-order valence-corrected chi connectivity index (χ2v) is 5.80. The summed E-state index contributed by atoms with van der Waals surface area (Å²) >= 11 is 0. The van der Waals surface area contributed by atoms with Crippen LogP contribution in [0.4, 0.5) is 0 Å². The van der Waals surface area contributed by atoms with Crippen LogP contribution in [-0.4, -0.2) is 28.0 Å². The summed E-state index contributed by atoms with van der Waals surface area (Å²) in [4.78, 5) is 28.5. The first-order valence-electron chi connectivity index (χ1n) is 8.21. The molecule has 5 nitrogen and oxygen atoms in total. The molecule has 1 aromatic heterocycles. The van der Waals surface area contributed by atoms with Gasteiger partial charge >= 0.3 is 5.97 Å². The molecule has 0 aliphatic carbocycles. The number of hydrogen-bond donors (Lipinski definition) is 2. The predicted octanol–water partition coefficient (Wildman–Crippen LogP) is 3.10. The van der Waals surface area contributed by atoms with Gasteiger partial charge < -0.3 is 10.4 Å². The van der Waals surface area contributed by atoms with E-state index >= 15 is 0 Å². The Labute approximate surface area is 151 Å². The van der Waals surface area contributed by atoms with Crippen LogP contribution in [0.5, 0.6) is 0 Å². The number of aromatic nitrogens is 1. The maximum absolute atomic E-state index is 12.5. The zero-order valence-corrected chi connectivity index (χ0v) is 13.9. The molecule has 0 radical (unpaired) electrons. The van der Waals surface area contributed by atoms with E-state index in [0.29, 0.717) is 0 Å². The van der Waals surface area contributed by atoms with Crippen LogP contribution in [0, 0.1) is 0 Å². The van der Waals surface area contributed by atoms with Crippen LogP contribution in [0.3, 0.4) is 0 Å². The SMILES string of the molecule is O=C(N[C@H](C(=O)O)C(c1ccccc1)c1ccccc1)c1ccccn1. The van der Waals surface area contributed by atoms with Crippen LogP contribution in [-0.2, 0) is 4.79 Å². The second kappa shape index (κ2) is 8.07. The molecule has 0 aliphatic rings. The van der Waals surface area contributed by atoms with Crippen molar-refractivity contribution in [1.29, 1.82) is 0 Å². The topological polar surface area (TPSA) is 79.3 Å². The summed E-state index contributed by atoms with van der Waals surface area (Å²) in [5, 5.41) is 12.5. The van der Waals surface area contributed by atoms with Gasteiger partial charge in [0.15, 0.2) is 0 Å². The van der Waals surface area contributed by atoms with Crippen LogP contribution >= 0.6 is 0 Å². The number of aliphatic carboxylic acids is 1. The Morgan fingerprint density at radius 2 is 1.35 bits per heavy atom. The summed E-state index contributed by atoms with van der Waals surface area (Å²) in [5.74, 6) is -2.15. The van der Waals surface area contributed by atoms with Gasteiger partial charge in [0, 0.05) is 12.1 Å². The van der Waals surface area contributed by atoms with Crippen molar-refractivity contribution in [3.63, 3.8) is 0 Å². The molecule has 0 bridgehead atoms. The fourth-order valence-electron chi connectivity index (χ4n) is 2.90. The Morgan fingerprint density at radius 3 is 1.81 bits per heavy atom. The number of carbonyl (C=O) groups excluding carboxylic acids is 1. The van der Waals surface area contributed by atoms with Gasteiger partial charge in [-0.1, -0.05) is 66.7 Å². The number of rotatable bonds is 6. The Hall–Kier alpha value is -3.47. The van der Waals surface area contributed by atoms with Crippen molar-refractivity contribution in [3.8, 4) is 0 Å². The highest BCUT2D eigenvalue weighted by atomic mass is 16.4. The fraction of sp³-hybridized carbons (Fsp3) is 0.0952. The molecule has 0 fully saturated rings. The zero-order valence-electron chi connectivity index (χ0n) is 13.9. The molecule has 0 saturated carbocycles. The highest BCUT2D eigenvalue weighted by molar-refractivity contribution is 5.95. The van der Waals surface area contributed by atoms with E-state index < -0.39 is 23.8 Å². The van der Waals surface area contributed by atoms with Crippen molar-refractivity contribution in [2.45, 2.75) is 12.0 Å². The summed E-state index contributed by atoms with van der Waals surface area (Å²) in [7, 11) is 0. The van der Waals surface area contributed by atoms with Crippen molar-refractivity contribution >= 4 is 11.9 Å². The molecule has 2 N–H and O–H groups in total. The van der Waals surface area contributed by atoms with Gasteiger partial charge in [-0.3, -0.25) is 9.78 Å². The number of benzene rings is 2. The standard InChI is InChI=1S/C21H18N2O3/c24-20(17-13-7-8-14-22-17)23-19(21(25)26)18(15-9-3-1-4-10-15)16-11-5-2-6-12-16/h1-14,18-19H,(H,23,24)(H,25,26)/t19-/m0/s1. The molecule has 0 aliphatic heterocycles. The molecule has 3 rings (SSSR count). The van der Waals surface area contributed by atoms with E-state index in [-0.39, 0.29) is 5.69 Å². The van der Waals surface area contributed by atoms with Crippen LogP contribution in [0.1, 0.15) is 27.5 Å². The molecule has 130 valence electrons. The minimum absolute atomic E-state index is 0.179. The van der Waals surface area contributed by atoms with E-state index in [9.17, 15) is 14.7 Å². The van der Waals surface area contributed by atoms with Gasteiger partial charge in [0.2, 0.25) is 0 Å². The average Bonchev–Trinajstić information content (AvgIpc) is 2.69. The van der Waals surface area contributed by atoms with E-state index in [1.807, 2.05) is 60.7 Å². The monoisotopic (exact) mass is 346 g/mol. The number of nitrogens with one attached hydrogen (secondary N) is 1. The van der Waals surface area contributed by atoms with Crippen LogP contribution in [0.2, 0.25) is 0 Å². The van der Waals surface area contributed by atoms with Gasteiger partial charge in [0.25, 0.3) is 5.91 Å². The number of hydrogen-bond acceptors (Lipinski definition) is 3. The maximum Gasteiger partial charge on any atom is 0.327 e. The number of amides is 1. The molecule has 1 atom stereocenters. The largest absolute Gasteiger partial charge is 0.480 e. The minimum atomic E-state index is -1.13. The molecule has 5 heteroatoms. The summed E-state index contributed by atoms with van der Waals surface area (Å²) in [5.41, 5.74) is 1.80. The number of pyridine rings is 1. The van der Waals surface area contributed by atoms with E-state index in [0.717, 1.165) is 11.1 Å². The van der Waals surface area contributed by atoms with Crippen molar-refractivity contribution in [2.75, 3.05) is 0 Å². The highest BCUT2D eigenvalue weighted by Crippen LogP contribution is 2.28. The molecule has 0 spiro atoms. The van der Waals surface area contributed by atoms with Gasteiger partial charge in [-0.25, -0.2) is 4.79 Å². The van der Waals surface area contributed by atoms with Crippen molar-refractivity contribution in [3.05, 3.63) is 102 Å². The van der Waals surface area contributed by atoms with Gasteiger partial charge in [-0.15, -0.1) is 0 Å². The third-order valence-electron chi connectivity index (χ3n) is 4.10. The summed E-state index contributed by atoms with van der Waals surface area (Å²) in [6.07, 6.45) is 1.50. The molecular formula is C21H18N2O3. The first-order valence-corrected chi connectivity index (χ1v) is 8.21. The lowest BCUT2D eigenvalue weighted by molar-refractivity contribution is -0.139. The smallest absolute Gasteiger partial charge is 0.327 e. The van der Waals surface area contributed by atoms with Gasteiger partial charge in [0.1, 0.15) is 11.7 Å². The number of carboxylic acids is 1. The van der Waals surface area contributed by atoms with Gasteiger partial charge in [-0.05, 0) is 23.3 Å². The van der Waals surface area contributed by atoms with Crippen molar-refractivity contribution < 1.29 is 14.7 Å². The molecule has 1 heterocycles. The minimum Gasteiger partial charge on any atom is -0.480 e. The third-order valence-corrected chi connectivity index (χ3v) is 4.10. The first kappa shape index (κ1) is 17.4. The van der Waals surface area contributed by atoms with Gasteiger partial charge in [-0.2, -0.15) is 0 Å². The fourth-order valence-corrected chi connectivity index (χ4v) is 2.90. The third kappa shape index (κ3) is 3.95. The molecule has 3 aromatic rings. The Kier molecular flexibility index (Phi) is 5.39. The summed E-state index contributed by atoms with van der Waals surface area (Å²) in [6.45, 7) is 0. The highest BCUT2D eigenvalue weighted by Gasteiger charge is 2.32. The van der Waals surface area contributed by atoms with Crippen LogP contribution < -0.4 is 5.32 Å². The van der Waals surface area contributed by atoms with E-state index in [1.165, 1.54) is 6.20 Å². The van der Waals surface area contributed by atoms with Crippen molar-refractivity contribution in [1.82, 2.24) is 10.3 Å². The Morgan fingerprint density at radius 1 is 0.808 bits per heavy atom.